The Hall–Kier alpha value is -1.20. The molecule has 0 aliphatic carbocycles. The van der Waals surface area contributed by atoms with Crippen LogP contribution in [0.5, 0.6) is 0 Å². The van der Waals surface area contributed by atoms with E-state index >= 15 is 0 Å². The lowest BCUT2D eigenvalue weighted by atomic mass is 9.76. The van der Waals surface area contributed by atoms with E-state index in [2.05, 4.69) is 4.98 Å². The maximum atomic E-state index is 12.4. The summed E-state index contributed by atoms with van der Waals surface area (Å²) in [5.41, 5.74) is 5.31. The number of carbonyl (C=O) groups excluding carboxylic acids is 1. The summed E-state index contributed by atoms with van der Waals surface area (Å²) >= 11 is 0. The summed E-state index contributed by atoms with van der Waals surface area (Å²) in [4.78, 5) is 16.5. The zero-order chi connectivity index (χ0) is 11.6. The molecule has 1 aliphatic rings. The van der Waals surface area contributed by atoms with E-state index in [4.69, 9.17) is 10.5 Å². The minimum absolute atomic E-state index is 0.0470. The van der Waals surface area contributed by atoms with Gasteiger partial charge in [0.1, 0.15) is 0 Å². The lowest BCUT2D eigenvalue weighted by molar-refractivity contribution is 0.0192. The van der Waals surface area contributed by atoms with Crippen LogP contribution in [-0.4, -0.2) is 35.1 Å². The van der Waals surface area contributed by atoms with Gasteiger partial charge in [-0.05, 0) is 12.8 Å². The van der Waals surface area contributed by atoms with E-state index in [0.717, 1.165) is 0 Å². The molecule has 0 bridgehead atoms. The minimum Gasteiger partial charge on any atom is -0.381 e. The zero-order valence-electron chi connectivity index (χ0n) is 9.48. The van der Waals surface area contributed by atoms with Gasteiger partial charge >= 0.3 is 0 Å². The summed E-state index contributed by atoms with van der Waals surface area (Å²) in [6, 6.07) is 0. The molecule has 16 heavy (non-hydrogen) atoms. The van der Waals surface area contributed by atoms with Crippen molar-refractivity contribution in [2.45, 2.75) is 12.8 Å². The number of ketones is 1. The maximum Gasteiger partial charge on any atom is 0.205 e. The van der Waals surface area contributed by atoms with Crippen LogP contribution in [0.1, 0.15) is 23.5 Å². The second kappa shape index (κ2) is 4.35. The molecule has 1 fully saturated rings. The highest BCUT2D eigenvalue weighted by atomic mass is 16.5. The highest BCUT2D eigenvalue weighted by molar-refractivity contribution is 5.97. The first-order valence-corrected chi connectivity index (χ1v) is 5.49. The number of ether oxygens (including phenoxy) is 1. The van der Waals surface area contributed by atoms with E-state index < -0.39 is 5.41 Å². The molecule has 0 spiro atoms. The molecule has 0 saturated carbocycles. The van der Waals surface area contributed by atoms with Crippen LogP contribution in [0.15, 0.2) is 12.4 Å². The zero-order valence-corrected chi connectivity index (χ0v) is 9.48. The van der Waals surface area contributed by atoms with E-state index in [1.807, 2.05) is 7.05 Å². The molecule has 0 amide bonds. The number of carbonyl (C=O) groups is 1. The third-order valence-electron chi connectivity index (χ3n) is 3.35. The van der Waals surface area contributed by atoms with Gasteiger partial charge in [0, 0.05) is 39.2 Å². The number of hydrogen-bond donors (Lipinski definition) is 1. The van der Waals surface area contributed by atoms with Crippen molar-refractivity contribution in [3.8, 4) is 0 Å². The molecule has 0 atom stereocenters. The maximum absolute atomic E-state index is 12.4. The molecule has 0 radical (unpaired) electrons. The van der Waals surface area contributed by atoms with E-state index in [1.54, 1.807) is 17.0 Å². The van der Waals surface area contributed by atoms with Crippen LogP contribution in [0.2, 0.25) is 0 Å². The van der Waals surface area contributed by atoms with Crippen molar-refractivity contribution in [1.29, 1.82) is 0 Å². The monoisotopic (exact) mass is 223 g/mol. The van der Waals surface area contributed by atoms with Crippen molar-refractivity contribution >= 4 is 5.78 Å². The predicted octanol–water partition coefficient (Wildman–Crippen LogP) is 0.358. The number of aryl methyl sites for hydroxylation is 1. The number of nitrogens with two attached hydrogens (primary N) is 1. The van der Waals surface area contributed by atoms with Gasteiger partial charge in [-0.15, -0.1) is 0 Å². The number of Topliss-reactive ketones (excluding diaryl/α,β-unsaturated/α-hetero) is 1. The Morgan fingerprint density at radius 2 is 2.31 bits per heavy atom. The molecular formula is C11H17N3O2. The summed E-state index contributed by atoms with van der Waals surface area (Å²) < 4.78 is 7.03. The molecule has 2 heterocycles. The molecule has 88 valence electrons. The molecule has 2 rings (SSSR count). The smallest absolute Gasteiger partial charge is 0.205 e. The predicted molar refractivity (Wildman–Crippen MR) is 59.1 cm³/mol. The lowest BCUT2D eigenvalue weighted by Gasteiger charge is -2.34. The normalized spacial score (nSPS) is 19.6. The fraction of sp³-hybridized carbons (Fsp3) is 0.636. The molecule has 1 aliphatic heterocycles. The average molecular weight is 223 g/mol. The van der Waals surface area contributed by atoms with Crippen LogP contribution in [0, 0.1) is 5.41 Å². The Bertz CT molecular complexity index is 380. The minimum atomic E-state index is -0.475. The highest BCUT2D eigenvalue weighted by Crippen LogP contribution is 2.32. The first kappa shape index (κ1) is 11.3. The van der Waals surface area contributed by atoms with Crippen molar-refractivity contribution in [3.63, 3.8) is 0 Å². The van der Waals surface area contributed by atoms with Gasteiger partial charge in [-0.1, -0.05) is 0 Å². The summed E-state index contributed by atoms with van der Waals surface area (Å²) in [5, 5.41) is 0. The second-order valence-electron chi connectivity index (χ2n) is 4.29. The van der Waals surface area contributed by atoms with Gasteiger partial charge in [0.2, 0.25) is 5.78 Å². The van der Waals surface area contributed by atoms with Crippen molar-refractivity contribution < 1.29 is 9.53 Å². The fourth-order valence-corrected chi connectivity index (χ4v) is 2.11. The van der Waals surface area contributed by atoms with Crippen LogP contribution < -0.4 is 5.73 Å². The van der Waals surface area contributed by atoms with Gasteiger partial charge in [-0.2, -0.15) is 0 Å². The van der Waals surface area contributed by atoms with E-state index in [-0.39, 0.29) is 5.78 Å². The molecule has 1 saturated heterocycles. The molecule has 1 aromatic heterocycles. The summed E-state index contributed by atoms with van der Waals surface area (Å²) in [7, 11) is 1.82. The van der Waals surface area contributed by atoms with E-state index in [9.17, 15) is 4.79 Å². The van der Waals surface area contributed by atoms with E-state index in [1.165, 1.54) is 0 Å². The fourth-order valence-electron chi connectivity index (χ4n) is 2.11. The number of hydrogen-bond acceptors (Lipinski definition) is 4. The Labute approximate surface area is 94.6 Å². The van der Waals surface area contributed by atoms with Crippen LogP contribution in [0.25, 0.3) is 0 Å². The standard InChI is InChI=1S/C11H17N3O2/c1-14-5-4-13-10(14)9(15)11(8-12)2-6-16-7-3-11/h4-5H,2-3,6-8,12H2,1H3. The van der Waals surface area contributed by atoms with E-state index in [0.29, 0.717) is 38.4 Å². The van der Waals surface area contributed by atoms with Gasteiger partial charge < -0.3 is 15.0 Å². The van der Waals surface area contributed by atoms with Crippen molar-refractivity contribution in [2.75, 3.05) is 19.8 Å². The molecule has 5 heteroatoms. The summed E-state index contributed by atoms with van der Waals surface area (Å²) in [6.07, 6.45) is 4.79. The Balaban J connectivity index is 2.28. The number of aromatic nitrogens is 2. The quantitative estimate of drug-likeness (QED) is 0.751. The highest BCUT2D eigenvalue weighted by Gasteiger charge is 2.40. The van der Waals surface area contributed by atoms with Crippen LogP contribution in [0.4, 0.5) is 0 Å². The third kappa shape index (κ3) is 1.76. The molecule has 2 N–H and O–H groups in total. The average Bonchev–Trinajstić information content (AvgIpc) is 2.75. The summed E-state index contributed by atoms with van der Waals surface area (Å²) in [6.45, 7) is 1.57. The van der Waals surface area contributed by atoms with Crippen LogP contribution in [0.3, 0.4) is 0 Å². The molecule has 0 unspecified atom stereocenters. The number of rotatable bonds is 3. The summed E-state index contributed by atoms with van der Waals surface area (Å²) in [5.74, 6) is 0.540. The van der Waals surface area contributed by atoms with Gasteiger partial charge in [0.15, 0.2) is 5.82 Å². The molecule has 5 nitrogen and oxygen atoms in total. The van der Waals surface area contributed by atoms with Gasteiger partial charge in [0.05, 0.1) is 5.41 Å². The van der Waals surface area contributed by atoms with Gasteiger partial charge in [-0.25, -0.2) is 4.98 Å². The first-order valence-electron chi connectivity index (χ1n) is 5.49. The lowest BCUT2D eigenvalue weighted by Crippen LogP contribution is -2.44. The van der Waals surface area contributed by atoms with Crippen molar-refractivity contribution in [3.05, 3.63) is 18.2 Å². The number of imidazole rings is 1. The molecule has 1 aromatic rings. The first-order chi connectivity index (χ1) is 7.69. The number of nitrogens with zero attached hydrogens (tertiary/aromatic N) is 2. The second-order valence-corrected chi connectivity index (χ2v) is 4.29. The van der Waals surface area contributed by atoms with Crippen LogP contribution >= 0.6 is 0 Å². The van der Waals surface area contributed by atoms with Crippen molar-refractivity contribution in [1.82, 2.24) is 9.55 Å². The SMILES string of the molecule is Cn1ccnc1C(=O)C1(CN)CCOCC1. The van der Waals surface area contributed by atoms with Crippen molar-refractivity contribution in [2.24, 2.45) is 18.2 Å². The van der Waals surface area contributed by atoms with Crippen LogP contribution in [-0.2, 0) is 11.8 Å². The Morgan fingerprint density at radius 1 is 1.62 bits per heavy atom. The topological polar surface area (TPSA) is 70.1 Å². The largest absolute Gasteiger partial charge is 0.381 e. The van der Waals surface area contributed by atoms with Gasteiger partial charge in [0.25, 0.3) is 0 Å². The Morgan fingerprint density at radius 3 is 2.81 bits per heavy atom. The Kier molecular flexibility index (Phi) is 3.07. The molecular weight excluding hydrogens is 206 g/mol. The third-order valence-corrected chi connectivity index (χ3v) is 3.35. The van der Waals surface area contributed by atoms with Gasteiger partial charge in [-0.3, -0.25) is 4.79 Å². The molecule has 0 aromatic carbocycles.